The zero-order valence-corrected chi connectivity index (χ0v) is 18.7. The summed E-state index contributed by atoms with van der Waals surface area (Å²) >= 11 is 3.35. The van der Waals surface area contributed by atoms with Gasteiger partial charge in [-0.05, 0) is 37.1 Å². The van der Waals surface area contributed by atoms with E-state index >= 15 is 0 Å². The Labute approximate surface area is 187 Å². The van der Waals surface area contributed by atoms with Crippen molar-refractivity contribution in [1.82, 2.24) is 15.0 Å². The molecule has 5 nitrogen and oxygen atoms in total. The molecule has 0 saturated carbocycles. The molecule has 3 rings (SSSR count). The normalized spacial score (nSPS) is 12.0. The average Bonchev–Trinajstić information content (AvgIpc) is 3.15. The molecule has 0 fully saturated rings. The lowest BCUT2D eigenvalue weighted by atomic mass is 10.2. The van der Waals surface area contributed by atoms with Gasteiger partial charge in [-0.15, -0.1) is 11.8 Å². The highest BCUT2D eigenvalue weighted by atomic mass is 32.2. The van der Waals surface area contributed by atoms with Gasteiger partial charge in [-0.1, -0.05) is 23.9 Å². The van der Waals surface area contributed by atoms with Gasteiger partial charge in [0.1, 0.15) is 6.61 Å². The van der Waals surface area contributed by atoms with Gasteiger partial charge in [-0.2, -0.15) is 13.2 Å². The minimum Gasteiger partial charge on any atom is -0.379 e. The Bertz CT molecular complexity index is 933. The summed E-state index contributed by atoms with van der Waals surface area (Å²) in [4.78, 5) is 13.6. The topological polar surface area (TPSA) is 60.0 Å². The number of pyridine rings is 1. The van der Waals surface area contributed by atoms with Crippen molar-refractivity contribution < 1.29 is 22.6 Å². The quantitative estimate of drug-likeness (QED) is 0.273. The van der Waals surface area contributed by atoms with Crippen LogP contribution in [0.5, 0.6) is 0 Å². The number of hydrogen-bond acceptors (Lipinski definition) is 6. The molecule has 0 radical (unpaired) electrons. The number of nitrogens with zero attached hydrogens (tertiary/aromatic N) is 2. The Morgan fingerprint density at radius 3 is 2.65 bits per heavy atom. The highest BCUT2D eigenvalue weighted by molar-refractivity contribution is 7.99. The lowest BCUT2D eigenvalue weighted by Gasteiger charge is -2.10. The third kappa shape index (κ3) is 8.03. The first-order valence-corrected chi connectivity index (χ1v) is 11.8. The van der Waals surface area contributed by atoms with Crippen LogP contribution in [0.25, 0.3) is 11.0 Å². The predicted octanol–water partition coefficient (Wildman–Crippen LogP) is 5.64. The monoisotopic (exact) mass is 471 g/mol. The summed E-state index contributed by atoms with van der Waals surface area (Å²) in [6.07, 6.45) is -1.67. The fourth-order valence-electron chi connectivity index (χ4n) is 2.75. The van der Waals surface area contributed by atoms with Crippen molar-refractivity contribution in [3.8, 4) is 0 Å². The molecule has 1 N–H and O–H groups in total. The molecule has 0 unspecified atom stereocenters. The maximum absolute atomic E-state index is 12.0. The first kappa shape index (κ1) is 23.9. The van der Waals surface area contributed by atoms with Gasteiger partial charge in [-0.25, -0.2) is 4.98 Å². The molecule has 0 amide bonds. The van der Waals surface area contributed by atoms with Crippen molar-refractivity contribution in [2.24, 2.45) is 0 Å². The van der Waals surface area contributed by atoms with Gasteiger partial charge in [0, 0.05) is 29.2 Å². The van der Waals surface area contributed by atoms with E-state index in [9.17, 15) is 13.2 Å². The van der Waals surface area contributed by atoms with Crippen LogP contribution in [-0.4, -0.2) is 53.3 Å². The summed E-state index contributed by atoms with van der Waals surface area (Å²) < 4.78 is 45.7. The Hall–Kier alpha value is -1.75. The summed E-state index contributed by atoms with van der Waals surface area (Å²) in [7, 11) is 0. The Kier molecular flexibility index (Phi) is 9.06. The number of halogens is 3. The van der Waals surface area contributed by atoms with Gasteiger partial charge in [0.2, 0.25) is 0 Å². The van der Waals surface area contributed by atoms with E-state index in [0.717, 1.165) is 45.4 Å². The zero-order chi connectivity index (χ0) is 22.1. The minimum atomic E-state index is -4.29. The molecule has 168 valence electrons. The number of aromatic nitrogens is 3. The number of thioether (sulfide) groups is 2. The summed E-state index contributed by atoms with van der Waals surface area (Å²) in [5, 5.41) is 0.872. The predicted molar refractivity (Wildman–Crippen MR) is 118 cm³/mol. The number of hydrogen-bond donors (Lipinski definition) is 1. The summed E-state index contributed by atoms with van der Waals surface area (Å²) in [6.45, 7) is 1.44. The summed E-state index contributed by atoms with van der Waals surface area (Å²) in [6, 6.07) is 9.94. The molecule has 0 aliphatic heterocycles. The van der Waals surface area contributed by atoms with Crippen LogP contribution < -0.4 is 0 Å². The number of rotatable bonds is 12. The molecule has 1 aromatic carbocycles. The van der Waals surface area contributed by atoms with E-state index in [1.54, 1.807) is 23.5 Å². The highest BCUT2D eigenvalue weighted by Crippen LogP contribution is 2.28. The number of benzene rings is 1. The van der Waals surface area contributed by atoms with Crippen LogP contribution in [0.4, 0.5) is 13.2 Å². The number of ether oxygens (including phenoxy) is 2. The fourth-order valence-corrected chi connectivity index (χ4v) is 4.63. The number of H-pyrrole nitrogens is 1. The zero-order valence-electron chi connectivity index (χ0n) is 17.1. The van der Waals surface area contributed by atoms with E-state index in [-0.39, 0.29) is 13.2 Å². The van der Waals surface area contributed by atoms with Crippen LogP contribution in [0, 0.1) is 6.92 Å². The second-order valence-corrected chi connectivity index (χ2v) is 8.81. The molecule has 3 aromatic rings. The van der Waals surface area contributed by atoms with Gasteiger partial charge in [0.15, 0.2) is 5.16 Å². The number of para-hydroxylation sites is 2. The van der Waals surface area contributed by atoms with E-state index in [0.29, 0.717) is 6.61 Å². The van der Waals surface area contributed by atoms with Crippen LogP contribution in [0.15, 0.2) is 46.6 Å². The number of aromatic amines is 1. The average molecular weight is 472 g/mol. The summed E-state index contributed by atoms with van der Waals surface area (Å²) in [5.41, 5.74) is 4.15. The third-order valence-corrected chi connectivity index (χ3v) is 6.43. The lowest BCUT2D eigenvalue weighted by molar-refractivity contribution is -0.176. The van der Waals surface area contributed by atoms with Crippen molar-refractivity contribution in [3.63, 3.8) is 0 Å². The minimum absolute atomic E-state index is 0.0532. The van der Waals surface area contributed by atoms with E-state index in [1.165, 1.54) is 4.90 Å². The van der Waals surface area contributed by atoms with Crippen LogP contribution in [0.2, 0.25) is 0 Å². The van der Waals surface area contributed by atoms with Crippen molar-refractivity contribution in [2.45, 2.75) is 35.3 Å². The van der Waals surface area contributed by atoms with E-state index in [1.807, 2.05) is 36.5 Å². The largest absolute Gasteiger partial charge is 0.411 e. The lowest BCUT2D eigenvalue weighted by Crippen LogP contribution is -2.19. The Balaban J connectivity index is 1.37. The molecule has 10 heteroatoms. The molecule has 0 saturated heterocycles. The van der Waals surface area contributed by atoms with Gasteiger partial charge in [0.25, 0.3) is 0 Å². The molecular weight excluding hydrogens is 447 g/mol. The van der Waals surface area contributed by atoms with Crippen LogP contribution >= 0.6 is 23.5 Å². The van der Waals surface area contributed by atoms with Gasteiger partial charge in [-0.3, -0.25) is 4.98 Å². The van der Waals surface area contributed by atoms with Crippen LogP contribution in [0.3, 0.4) is 0 Å². The fraction of sp³-hybridized carbons (Fsp3) is 0.429. The van der Waals surface area contributed by atoms with Crippen LogP contribution in [-0.2, 0) is 15.2 Å². The number of fused-ring (bicyclic) bond motifs is 1. The van der Waals surface area contributed by atoms with Crippen molar-refractivity contribution in [2.75, 3.05) is 32.2 Å². The third-order valence-electron chi connectivity index (χ3n) is 4.30. The molecule has 0 aliphatic carbocycles. The molecule has 2 aromatic heterocycles. The standard InChI is InChI=1S/C21H24F3N3O2S2/c1-15-18(13-31-20-26-16-5-2-3-6-17(16)27-20)25-8-7-19(15)30-12-4-9-28-10-11-29-14-21(22,23)24/h2-3,5-8H,4,9-14H2,1H3,(H,26,27). The van der Waals surface area contributed by atoms with Crippen LogP contribution in [0.1, 0.15) is 17.7 Å². The second kappa shape index (κ2) is 11.8. The molecule has 0 bridgehead atoms. The van der Waals surface area contributed by atoms with Crippen molar-refractivity contribution >= 4 is 34.6 Å². The van der Waals surface area contributed by atoms with Gasteiger partial charge in [0.05, 0.1) is 29.9 Å². The SMILES string of the molecule is Cc1c(SCCCOCCOCC(F)(F)F)ccnc1CSc1nc2ccccc2[nH]1. The van der Waals surface area contributed by atoms with E-state index < -0.39 is 12.8 Å². The number of nitrogens with one attached hydrogen (secondary N) is 1. The van der Waals surface area contributed by atoms with Crippen molar-refractivity contribution in [3.05, 3.63) is 47.8 Å². The molecule has 31 heavy (non-hydrogen) atoms. The Morgan fingerprint density at radius 2 is 1.84 bits per heavy atom. The number of alkyl halides is 3. The maximum Gasteiger partial charge on any atom is 0.411 e. The van der Waals surface area contributed by atoms with Gasteiger partial charge < -0.3 is 14.5 Å². The summed E-state index contributed by atoms with van der Waals surface area (Å²) in [5.74, 6) is 1.57. The second-order valence-electron chi connectivity index (χ2n) is 6.71. The first-order valence-electron chi connectivity index (χ1n) is 9.79. The number of imidazole rings is 1. The van der Waals surface area contributed by atoms with E-state index in [4.69, 9.17) is 4.74 Å². The smallest absolute Gasteiger partial charge is 0.379 e. The highest BCUT2D eigenvalue weighted by Gasteiger charge is 2.27. The maximum atomic E-state index is 12.0. The molecule has 2 heterocycles. The molecule has 0 aliphatic rings. The Morgan fingerprint density at radius 1 is 1.03 bits per heavy atom. The van der Waals surface area contributed by atoms with E-state index in [2.05, 4.69) is 26.6 Å². The first-order chi connectivity index (χ1) is 14.9. The van der Waals surface area contributed by atoms with Crippen molar-refractivity contribution in [1.29, 1.82) is 0 Å². The molecule has 0 atom stereocenters. The molecular formula is C21H24F3N3O2S2. The van der Waals surface area contributed by atoms with Gasteiger partial charge >= 0.3 is 6.18 Å². The molecule has 0 spiro atoms.